The number of rotatable bonds is 4. The smallest absolute Gasteiger partial charge is 0.335 e. The lowest BCUT2D eigenvalue weighted by Crippen LogP contribution is -2.07. The summed E-state index contributed by atoms with van der Waals surface area (Å²) in [5.74, 6) is 2.38. The van der Waals surface area contributed by atoms with Gasteiger partial charge in [0, 0.05) is 6.42 Å². The molecule has 84 valence electrons. The van der Waals surface area contributed by atoms with Gasteiger partial charge >= 0.3 is 5.97 Å². The summed E-state index contributed by atoms with van der Waals surface area (Å²) in [5, 5.41) is 8.92. The van der Waals surface area contributed by atoms with Crippen LogP contribution in [0.1, 0.15) is 42.1 Å². The van der Waals surface area contributed by atoms with Crippen molar-refractivity contribution in [2.45, 2.75) is 26.2 Å². The quantitative estimate of drug-likeness (QED) is 0.785. The number of carboxylic acid groups (broad SMARTS) is 1. The van der Waals surface area contributed by atoms with Gasteiger partial charge in [-0.2, -0.15) is 0 Å². The third-order valence-electron chi connectivity index (χ3n) is 2.70. The van der Waals surface area contributed by atoms with E-state index in [9.17, 15) is 4.79 Å². The van der Waals surface area contributed by atoms with Crippen LogP contribution in [0.25, 0.3) is 0 Å². The van der Waals surface area contributed by atoms with E-state index in [1.165, 1.54) is 0 Å². The number of terminal acetylenes is 1. The van der Waals surface area contributed by atoms with Gasteiger partial charge in [0.1, 0.15) is 0 Å². The van der Waals surface area contributed by atoms with Gasteiger partial charge in [0.05, 0.1) is 5.56 Å². The molecular weight excluding hydrogens is 200 g/mol. The molecule has 1 N–H and O–H groups in total. The molecule has 1 rings (SSSR count). The number of aromatic carboxylic acids is 1. The van der Waals surface area contributed by atoms with E-state index >= 15 is 0 Å². The Hall–Kier alpha value is -1.75. The zero-order valence-corrected chi connectivity index (χ0v) is 9.60. The van der Waals surface area contributed by atoms with Gasteiger partial charge in [-0.3, -0.25) is 0 Å². The van der Waals surface area contributed by atoms with E-state index in [1.807, 2.05) is 6.07 Å². The molecule has 0 aliphatic rings. The third-order valence-corrected chi connectivity index (χ3v) is 2.70. The highest BCUT2D eigenvalue weighted by molar-refractivity contribution is 5.87. The molecule has 2 nitrogen and oxygen atoms in total. The summed E-state index contributed by atoms with van der Waals surface area (Å²) in [6, 6.07) is 7.02. The fourth-order valence-corrected chi connectivity index (χ4v) is 1.77. The van der Waals surface area contributed by atoms with Crippen LogP contribution in [0.2, 0.25) is 0 Å². The molecule has 0 spiro atoms. The van der Waals surface area contributed by atoms with Crippen molar-refractivity contribution in [3.63, 3.8) is 0 Å². The van der Waals surface area contributed by atoms with Crippen LogP contribution in [0.4, 0.5) is 0 Å². The zero-order valence-electron chi connectivity index (χ0n) is 9.60. The van der Waals surface area contributed by atoms with Crippen molar-refractivity contribution in [1.82, 2.24) is 0 Å². The summed E-state index contributed by atoms with van der Waals surface area (Å²) < 4.78 is 0. The lowest BCUT2D eigenvalue weighted by Gasteiger charge is -2.19. The molecule has 1 aromatic rings. The van der Waals surface area contributed by atoms with Gasteiger partial charge in [0.25, 0.3) is 0 Å². The van der Waals surface area contributed by atoms with Crippen molar-refractivity contribution in [3.8, 4) is 12.3 Å². The predicted octanol–water partition coefficient (Wildman–Crippen LogP) is 3.15. The summed E-state index contributed by atoms with van der Waals surface area (Å²) >= 11 is 0. The SMILES string of the molecule is C#CCC(c1cccc(C(=O)O)c1)C(C)C. The summed E-state index contributed by atoms with van der Waals surface area (Å²) in [4.78, 5) is 10.9. The third kappa shape index (κ3) is 2.87. The maximum absolute atomic E-state index is 10.9. The van der Waals surface area contributed by atoms with Crippen molar-refractivity contribution in [1.29, 1.82) is 0 Å². The van der Waals surface area contributed by atoms with Gasteiger partial charge in [0.15, 0.2) is 0 Å². The highest BCUT2D eigenvalue weighted by atomic mass is 16.4. The maximum atomic E-state index is 10.9. The Labute approximate surface area is 96.3 Å². The first-order chi connectivity index (χ1) is 7.56. The Morgan fingerprint density at radius 1 is 1.50 bits per heavy atom. The molecule has 0 fully saturated rings. The van der Waals surface area contributed by atoms with Gasteiger partial charge in [0.2, 0.25) is 0 Å². The topological polar surface area (TPSA) is 37.3 Å². The second-order valence-electron chi connectivity index (χ2n) is 4.19. The first kappa shape index (κ1) is 12.3. The fraction of sp³-hybridized carbons (Fsp3) is 0.357. The number of carbonyl (C=O) groups is 1. The monoisotopic (exact) mass is 216 g/mol. The minimum absolute atomic E-state index is 0.226. The standard InChI is InChI=1S/C14H16O2/c1-4-6-13(10(2)3)11-7-5-8-12(9-11)14(15)16/h1,5,7-10,13H,6H2,2-3H3,(H,15,16). The molecule has 0 saturated heterocycles. The van der Waals surface area contributed by atoms with Crippen LogP contribution in [-0.4, -0.2) is 11.1 Å². The first-order valence-electron chi connectivity index (χ1n) is 5.33. The molecule has 0 heterocycles. The molecule has 0 saturated carbocycles. The fourth-order valence-electron chi connectivity index (χ4n) is 1.77. The molecule has 1 unspecified atom stereocenters. The van der Waals surface area contributed by atoms with Crippen LogP contribution >= 0.6 is 0 Å². The van der Waals surface area contributed by atoms with E-state index in [2.05, 4.69) is 19.8 Å². The van der Waals surface area contributed by atoms with Crippen molar-refractivity contribution < 1.29 is 9.90 Å². The van der Waals surface area contributed by atoms with E-state index in [-0.39, 0.29) is 5.92 Å². The summed E-state index contributed by atoms with van der Waals surface area (Å²) in [7, 11) is 0. The van der Waals surface area contributed by atoms with Crippen LogP contribution in [0.15, 0.2) is 24.3 Å². The Morgan fingerprint density at radius 2 is 2.19 bits per heavy atom. The highest BCUT2D eigenvalue weighted by Crippen LogP contribution is 2.27. The van der Waals surface area contributed by atoms with Crippen molar-refractivity contribution in [2.24, 2.45) is 5.92 Å². The number of hydrogen-bond acceptors (Lipinski definition) is 1. The largest absolute Gasteiger partial charge is 0.478 e. The molecule has 0 aliphatic heterocycles. The maximum Gasteiger partial charge on any atom is 0.335 e. The van der Waals surface area contributed by atoms with Gasteiger partial charge in [-0.15, -0.1) is 12.3 Å². The van der Waals surface area contributed by atoms with Crippen molar-refractivity contribution in [2.75, 3.05) is 0 Å². The van der Waals surface area contributed by atoms with Crippen LogP contribution in [0.5, 0.6) is 0 Å². The predicted molar refractivity (Wildman–Crippen MR) is 64.4 cm³/mol. The van der Waals surface area contributed by atoms with Crippen LogP contribution in [-0.2, 0) is 0 Å². The molecule has 1 atom stereocenters. The van der Waals surface area contributed by atoms with Gasteiger partial charge < -0.3 is 5.11 Å². The molecule has 0 amide bonds. The highest BCUT2D eigenvalue weighted by Gasteiger charge is 2.15. The zero-order chi connectivity index (χ0) is 12.1. The second kappa shape index (κ2) is 5.37. The molecule has 16 heavy (non-hydrogen) atoms. The Balaban J connectivity index is 3.06. The minimum Gasteiger partial charge on any atom is -0.478 e. The number of carboxylic acids is 1. The van der Waals surface area contributed by atoms with Gasteiger partial charge in [-0.1, -0.05) is 26.0 Å². The van der Waals surface area contributed by atoms with Gasteiger partial charge in [-0.05, 0) is 29.5 Å². The number of benzene rings is 1. The molecule has 0 aliphatic carbocycles. The van der Waals surface area contributed by atoms with Gasteiger partial charge in [-0.25, -0.2) is 4.79 Å². The Morgan fingerprint density at radius 3 is 2.69 bits per heavy atom. The lowest BCUT2D eigenvalue weighted by atomic mass is 9.85. The minimum atomic E-state index is -0.898. The molecule has 2 heteroatoms. The average Bonchev–Trinajstić information content (AvgIpc) is 2.25. The normalized spacial score (nSPS) is 12.1. The lowest BCUT2D eigenvalue weighted by molar-refractivity contribution is 0.0696. The molecule has 0 radical (unpaired) electrons. The van der Waals surface area contributed by atoms with E-state index in [0.29, 0.717) is 17.9 Å². The Kier molecular flexibility index (Phi) is 4.13. The molecule has 0 bridgehead atoms. The number of hydrogen-bond donors (Lipinski definition) is 1. The van der Waals surface area contributed by atoms with Crippen LogP contribution in [0.3, 0.4) is 0 Å². The summed E-state index contributed by atoms with van der Waals surface area (Å²) in [6.07, 6.45) is 5.98. The second-order valence-corrected chi connectivity index (χ2v) is 4.19. The van der Waals surface area contributed by atoms with E-state index < -0.39 is 5.97 Å². The molecule has 1 aromatic carbocycles. The summed E-state index contributed by atoms with van der Waals surface area (Å²) in [5.41, 5.74) is 1.33. The average molecular weight is 216 g/mol. The first-order valence-corrected chi connectivity index (χ1v) is 5.33. The van der Waals surface area contributed by atoms with Crippen molar-refractivity contribution in [3.05, 3.63) is 35.4 Å². The van der Waals surface area contributed by atoms with Crippen LogP contribution in [0, 0.1) is 18.3 Å². The van der Waals surface area contributed by atoms with E-state index in [1.54, 1.807) is 18.2 Å². The van der Waals surface area contributed by atoms with E-state index in [4.69, 9.17) is 11.5 Å². The molecule has 0 aromatic heterocycles. The Bertz CT molecular complexity index is 413. The van der Waals surface area contributed by atoms with Crippen molar-refractivity contribution >= 4 is 5.97 Å². The summed E-state index contributed by atoms with van der Waals surface area (Å²) in [6.45, 7) is 4.19. The van der Waals surface area contributed by atoms with E-state index in [0.717, 1.165) is 5.56 Å². The van der Waals surface area contributed by atoms with Crippen LogP contribution < -0.4 is 0 Å². The molecular formula is C14H16O2.